The van der Waals surface area contributed by atoms with Crippen molar-refractivity contribution in [3.8, 4) is 0 Å². The van der Waals surface area contributed by atoms with Crippen molar-refractivity contribution >= 4 is 11.7 Å². The summed E-state index contributed by atoms with van der Waals surface area (Å²) in [5, 5.41) is 8.19. The average Bonchev–Trinajstić information content (AvgIpc) is 3.10. The molecule has 0 aliphatic carbocycles. The largest absolute Gasteiger partial charge is 0.354 e. The molecule has 0 saturated carbocycles. The number of likely N-dealkylation sites (tertiary alicyclic amines) is 1. The number of piperidine rings is 1. The third-order valence-electron chi connectivity index (χ3n) is 6.09. The Morgan fingerprint density at radius 2 is 1.79 bits per heavy atom. The highest BCUT2D eigenvalue weighted by Gasteiger charge is 2.60. The van der Waals surface area contributed by atoms with Gasteiger partial charge in [-0.15, -0.1) is 5.10 Å². The van der Waals surface area contributed by atoms with E-state index < -0.39 is 11.3 Å². The molecule has 28 heavy (non-hydrogen) atoms. The molecule has 3 heterocycles. The van der Waals surface area contributed by atoms with Gasteiger partial charge >= 0.3 is 0 Å². The Morgan fingerprint density at radius 1 is 1.00 bits per heavy atom. The van der Waals surface area contributed by atoms with Crippen LogP contribution < -0.4 is 4.90 Å². The van der Waals surface area contributed by atoms with E-state index >= 15 is 8.78 Å². The number of anilines is 1. The number of alkyl halides is 2. The van der Waals surface area contributed by atoms with Gasteiger partial charge in [0.2, 0.25) is 0 Å². The molecule has 0 radical (unpaired) electrons. The van der Waals surface area contributed by atoms with E-state index in [9.17, 15) is 4.79 Å². The fourth-order valence-electron chi connectivity index (χ4n) is 4.31. The maximum atomic E-state index is 15.0. The number of hydrogen-bond donors (Lipinski definition) is 0. The zero-order valence-corrected chi connectivity index (χ0v) is 16.2. The van der Waals surface area contributed by atoms with Crippen LogP contribution in [0.4, 0.5) is 14.6 Å². The molecule has 1 amide bonds. The van der Waals surface area contributed by atoms with E-state index in [1.165, 1.54) is 0 Å². The molecule has 4 rings (SSSR count). The second-order valence-electron chi connectivity index (χ2n) is 7.98. The van der Waals surface area contributed by atoms with Crippen LogP contribution in [0, 0.1) is 19.3 Å². The van der Waals surface area contributed by atoms with Crippen LogP contribution in [0.25, 0.3) is 0 Å². The Bertz CT molecular complexity index is 886. The van der Waals surface area contributed by atoms with Gasteiger partial charge in [0.05, 0.1) is 11.1 Å². The quantitative estimate of drug-likeness (QED) is 0.793. The molecule has 1 aromatic heterocycles. The molecule has 0 bridgehead atoms. The van der Waals surface area contributed by atoms with Crippen molar-refractivity contribution in [2.75, 3.05) is 31.1 Å². The zero-order chi connectivity index (χ0) is 19.9. The third-order valence-corrected chi connectivity index (χ3v) is 6.09. The number of carbonyl (C=O) groups is 1. The van der Waals surface area contributed by atoms with Gasteiger partial charge in [-0.05, 0) is 44.0 Å². The highest BCUT2D eigenvalue weighted by atomic mass is 19.3. The lowest BCUT2D eigenvalue weighted by Gasteiger charge is -2.46. The number of benzene rings is 1. The second-order valence-corrected chi connectivity index (χ2v) is 7.98. The number of hydrogen-bond acceptors (Lipinski definition) is 4. The Kier molecular flexibility index (Phi) is 4.56. The lowest BCUT2D eigenvalue weighted by molar-refractivity contribution is -0.150. The highest BCUT2D eigenvalue weighted by molar-refractivity contribution is 5.95. The van der Waals surface area contributed by atoms with Crippen molar-refractivity contribution in [3.05, 3.63) is 53.2 Å². The minimum atomic E-state index is -2.82. The summed E-state index contributed by atoms with van der Waals surface area (Å²) in [6.45, 7) is 4.51. The van der Waals surface area contributed by atoms with Crippen molar-refractivity contribution in [2.45, 2.75) is 32.6 Å². The molecule has 1 spiro atoms. The van der Waals surface area contributed by atoms with Gasteiger partial charge in [-0.3, -0.25) is 4.79 Å². The van der Waals surface area contributed by atoms with Gasteiger partial charge in [0.1, 0.15) is 0 Å². The van der Waals surface area contributed by atoms with Crippen LogP contribution in [0.2, 0.25) is 0 Å². The fourth-order valence-corrected chi connectivity index (χ4v) is 4.31. The first-order chi connectivity index (χ1) is 13.3. The molecule has 2 fully saturated rings. The molecule has 1 atom stereocenters. The Balaban J connectivity index is 1.58. The number of nitrogens with zero attached hydrogens (tertiary/aromatic N) is 4. The molecule has 2 aromatic rings. The summed E-state index contributed by atoms with van der Waals surface area (Å²) < 4.78 is 30.1. The fraction of sp³-hybridized carbons (Fsp3) is 0.476. The van der Waals surface area contributed by atoms with Crippen LogP contribution in [-0.2, 0) is 0 Å². The second kappa shape index (κ2) is 6.79. The van der Waals surface area contributed by atoms with Crippen LogP contribution in [0.1, 0.15) is 34.5 Å². The number of amides is 1. The molecule has 0 N–H and O–H groups in total. The van der Waals surface area contributed by atoms with E-state index in [-0.39, 0.29) is 32.0 Å². The summed E-state index contributed by atoms with van der Waals surface area (Å²) in [6, 6.07) is 11.0. The summed E-state index contributed by atoms with van der Waals surface area (Å²) in [5.41, 5.74) is 0.982. The van der Waals surface area contributed by atoms with E-state index in [0.29, 0.717) is 24.3 Å². The number of aryl methyl sites for hydroxylation is 2. The molecule has 5 nitrogen and oxygen atoms in total. The first-order valence-corrected chi connectivity index (χ1v) is 9.59. The van der Waals surface area contributed by atoms with Gasteiger partial charge in [-0.2, -0.15) is 5.10 Å². The van der Waals surface area contributed by atoms with Gasteiger partial charge in [0, 0.05) is 38.2 Å². The van der Waals surface area contributed by atoms with E-state index in [1.807, 2.05) is 49.1 Å². The third kappa shape index (κ3) is 3.12. The Labute approximate surface area is 163 Å². The van der Waals surface area contributed by atoms with Crippen LogP contribution in [0.5, 0.6) is 0 Å². The standard InChI is InChI=1S/C21H24F2N4O/c1-15-5-3-4-6-17(15)19(28)27-12-10-21(22,23)20(14-27)9-11-26(13-20)18-8-7-16(2)24-25-18/h3-8H,9-14H2,1-2H3/t20-/m1/s1. The zero-order valence-electron chi connectivity index (χ0n) is 16.2. The monoisotopic (exact) mass is 386 g/mol. The molecule has 1 aromatic carbocycles. The van der Waals surface area contributed by atoms with Crippen molar-refractivity contribution in [2.24, 2.45) is 5.41 Å². The maximum absolute atomic E-state index is 15.0. The number of carbonyl (C=O) groups excluding carboxylic acids is 1. The molecule has 2 aliphatic heterocycles. The summed E-state index contributed by atoms with van der Waals surface area (Å²) in [6.07, 6.45) is 0.0190. The first-order valence-electron chi connectivity index (χ1n) is 9.59. The van der Waals surface area contributed by atoms with Gasteiger partial charge < -0.3 is 9.80 Å². The smallest absolute Gasteiger partial charge is 0.258 e. The van der Waals surface area contributed by atoms with E-state index in [0.717, 1.165) is 11.3 Å². The minimum Gasteiger partial charge on any atom is -0.354 e. The molecule has 7 heteroatoms. The molecule has 2 saturated heterocycles. The molecular formula is C21H24F2N4O. The van der Waals surface area contributed by atoms with E-state index in [2.05, 4.69) is 10.2 Å². The number of halogens is 2. The number of rotatable bonds is 2. The van der Waals surface area contributed by atoms with Crippen LogP contribution >= 0.6 is 0 Å². The van der Waals surface area contributed by atoms with Gasteiger partial charge in [-0.1, -0.05) is 18.2 Å². The van der Waals surface area contributed by atoms with Crippen molar-refractivity contribution in [3.63, 3.8) is 0 Å². The van der Waals surface area contributed by atoms with Crippen LogP contribution in [0.15, 0.2) is 36.4 Å². The van der Waals surface area contributed by atoms with E-state index in [4.69, 9.17) is 0 Å². The predicted molar refractivity (Wildman–Crippen MR) is 103 cm³/mol. The lowest BCUT2D eigenvalue weighted by atomic mass is 9.75. The summed E-state index contributed by atoms with van der Waals surface area (Å²) >= 11 is 0. The van der Waals surface area contributed by atoms with E-state index in [1.54, 1.807) is 11.0 Å². The molecule has 0 unspecified atom stereocenters. The Morgan fingerprint density at radius 3 is 2.50 bits per heavy atom. The minimum absolute atomic E-state index is 0.0585. The Hall–Kier alpha value is -2.57. The van der Waals surface area contributed by atoms with Crippen LogP contribution in [-0.4, -0.2) is 53.1 Å². The molecule has 2 aliphatic rings. The SMILES string of the molecule is Cc1ccc(N2CC[C@]3(CN(C(=O)c4ccccc4C)CCC3(F)F)C2)nn1. The summed E-state index contributed by atoms with van der Waals surface area (Å²) in [4.78, 5) is 16.5. The number of aromatic nitrogens is 2. The topological polar surface area (TPSA) is 49.3 Å². The van der Waals surface area contributed by atoms with Gasteiger partial charge in [-0.25, -0.2) is 8.78 Å². The lowest BCUT2D eigenvalue weighted by Crippen LogP contribution is -2.58. The maximum Gasteiger partial charge on any atom is 0.258 e. The van der Waals surface area contributed by atoms with Gasteiger partial charge in [0.25, 0.3) is 11.8 Å². The average molecular weight is 386 g/mol. The van der Waals surface area contributed by atoms with Crippen molar-refractivity contribution < 1.29 is 13.6 Å². The molecule has 148 valence electrons. The summed E-state index contributed by atoms with van der Waals surface area (Å²) in [7, 11) is 0. The predicted octanol–water partition coefficient (Wildman–Crippen LogP) is 3.47. The first kappa shape index (κ1) is 18.8. The summed E-state index contributed by atoms with van der Waals surface area (Å²) in [5.74, 6) is -2.37. The van der Waals surface area contributed by atoms with Crippen LogP contribution in [0.3, 0.4) is 0 Å². The van der Waals surface area contributed by atoms with Crippen molar-refractivity contribution in [1.82, 2.24) is 15.1 Å². The van der Waals surface area contributed by atoms with Crippen molar-refractivity contribution in [1.29, 1.82) is 0 Å². The van der Waals surface area contributed by atoms with Gasteiger partial charge in [0.15, 0.2) is 5.82 Å². The molecular weight excluding hydrogens is 362 g/mol. The normalized spacial score (nSPS) is 24.0. The highest BCUT2D eigenvalue weighted by Crippen LogP contribution is 2.50.